The number of hydrogen-bond donors (Lipinski definition) is 1. The molecule has 5 heteroatoms. The molecule has 114 valence electrons. The molecule has 0 radical (unpaired) electrons. The van der Waals surface area contributed by atoms with Gasteiger partial charge in [-0.25, -0.2) is 0 Å². The lowest BCUT2D eigenvalue weighted by Crippen LogP contribution is -2.26. The summed E-state index contributed by atoms with van der Waals surface area (Å²) >= 11 is 12.3. The van der Waals surface area contributed by atoms with E-state index in [1.807, 2.05) is 48.5 Å². The summed E-state index contributed by atoms with van der Waals surface area (Å²) < 4.78 is 0. The fourth-order valence-electron chi connectivity index (χ4n) is 2.40. The normalized spacial score (nSPS) is 17.2. The van der Waals surface area contributed by atoms with E-state index in [1.165, 1.54) is 0 Å². The zero-order chi connectivity index (χ0) is 15.4. The van der Waals surface area contributed by atoms with Crippen LogP contribution in [0.1, 0.15) is 17.5 Å². The minimum absolute atomic E-state index is 0.0220. The summed E-state index contributed by atoms with van der Waals surface area (Å²) in [6.45, 7) is 1.42. The Kier molecular flexibility index (Phi) is 4.98. The van der Waals surface area contributed by atoms with Crippen LogP contribution in [0.4, 0.5) is 0 Å². The zero-order valence-corrected chi connectivity index (χ0v) is 13.4. The van der Waals surface area contributed by atoms with Crippen molar-refractivity contribution in [2.45, 2.75) is 19.1 Å². The van der Waals surface area contributed by atoms with Crippen molar-refractivity contribution in [2.24, 2.45) is 5.16 Å². The first-order valence-electron chi connectivity index (χ1n) is 7.16. The van der Waals surface area contributed by atoms with Gasteiger partial charge in [0.2, 0.25) is 0 Å². The van der Waals surface area contributed by atoms with Crippen molar-refractivity contribution in [1.29, 1.82) is 0 Å². The van der Waals surface area contributed by atoms with Gasteiger partial charge < -0.3 is 10.2 Å². The number of nitrogens with zero attached hydrogens (tertiary/aromatic N) is 1. The third-order valence-electron chi connectivity index (χ3n) is 3.56. The molecule has 0 fully saturated rings. The van der Waals surface area contributed by atoms with Crippen LogP contribution in [-0.2, 0) is 11.4 Å². The van der Waals surface area contributed by atoms with Gasteiger partial charge in [-0.15, -0.1) is 0 Å². The predicted octanol–water partition coefficient (Wildman–Crippen LogP) is 4.28. The second kappa shape index (κ2) is 7.14. The van der Waals surface area contributed by atoms with Gasteiger partial charge in [-0.3, -0.25) is 0 Å². The Labute approximate surface area is 139 Å². The Morgan fingerprint density at radius 3 is 2.55 bits per heavy atom. The highest BCUT2D eigenvalue weighted by Gasteiger charge is 2.23. The molecule has 1 aliphatic heterocycles. The standard InChI is InChI=1S/C17H16Cl2N2O/c18-15-7-3-1-5-12(15)10-20-11-13-9-17(21-22-13)14-6-2-4-8-16(14)19/h1-8,13,20H,9-11H2/t13-/m0/s1. The highest BCUT2D eigenvalue weighted by Crippen LogP contribution is 2.22. The Hall–Kier alpha value is -1.55. The Morgan fingerprint density at radius 2 is 1.77 bits per heavy atom. The first-order chi connectivity index (χ1) is 10.7. The van der Waals surface area contributed by atoms with Gasteiger partial charge in [0.15, 0.2) is 0 Å². The molecule has 1 aliphatic rings. The summed E-state index contributed by atoms with van der Waals surface area (Å²) in [7, 11) is 0. The third kappa shape index (κ3) is 3.61. The van der Waals surface area contributed by atoms with Gasteiger partial charge in [-0.1, -0.05) is 64.8 Å². The molecule has 1 atom stereocenters. The summed E-state index contributed by atoms with van der Waals surface area (Å²) in [5, 5.41) is 8.99. The molecule has 2 aromatic carbocycles. The van der Waals surface area contributed by atoms with Gasteiger partial charge in [-0.05, 0) is 17.7 Å². The molecular formula is C17H16Cl2N2O. The van der Waals surface area contributed by atoms with Gasteiger partial charge in [0, 0.05) is 35.1 Å². The van der Waals surface area contributed by atoms with E-state index in [9.17, 15) is 0 Å². The van der Waals surface area contributed by atoms with Crippen LogP contribution in [0.25, 0.3) is 0 Å². The fraction of sp³-hybridized carbons (Fsp3) is 0.235. The second-order valence-electron chi connectivity index (χ2n) is 5.17. The smallest absolute Gasteiger partial charge is 0.145 e. The maximum absolute atomic E-state index is 6.19. The molecule has 0 bridgehead atoms. The van der Waals surface area contributed by atoms with Crippen LogP contribution in [0, 0.1) is 0 Å². The fourth-order valence-corrected chi connectivity index (χ4v) is 2.85. The lowest BCUT2D eigenvalue weighted by Gasteiger charge is -2.10. The van der Waals surface area contributed by atoms with Gasteiger partial charge in [-0.2, -0.15) is 0 Å². The molecule has 0 saturated heterocycles. The molecule has 1 N–H and O–H groups in total. The quantitative estimate of drug-likeness (QED) is 0.885. The van der Waals surface area contributed by atoms with Gasteiger partial charge in [0.05, 0.1) is 5.71 Å². The SMILES string of the molecule is Clc1ccccc1CNC[C@@H]1CC(c2ccccc2Cl)=NO1. The molecule has 1 heterocycles. The van der Waals surface area contributed by atoms with E-state index in [4.69, 9.17) is 28.0 Å². The minimum Gasteiger partial charge on any atom is -0.390 e. The molecule has 0 spiro atoms. The molecule has 3 nitrogen and oxygen atoms in total. The number of benzene rings is 2. The zero-order valence-electron chi connectivity index (χ0n) is 11.9. The predicted molar refractivity (Wildman–Crippen MR) is 90.6 cm³/mol. The monoisotopic (exact) mass is 334 g/mol. The van der Waals surface area contributed by atoms with E-state index < -0.39 is 0 Å². The summed E-state index contributed by atoms with van der Waals surface area (Å²) in [5.41, 5.74) is 2.92. The summed E-state index contributed by atoms with van der Waals surface area (Å²) in [4.78, 5) is 5.48. The van der Waals surface area contributed by atoms with Crippen molar-refractivity contribution in [3.05, 3.63) is 69.7 Å². The van der Waals surface area contributed by atoms with Crippen LogP contribution >= 0.6 is 23.2 Å². The summed E-state index contributed by atoms with van der Waals surface area (Å²) in [6, 6.07) is 15.5. The van der Waals surface area contributed by atoms with Crippen LogP contribution in [0.5, 0.6) is 0 Å². The van der Waals surface area contributed by atoms with Crippen molar-refractivity contribution >= 4 is 28.9 Å². The van der Waals surface area contributed by atoms with Crippen LogP contribution in [-0.4, -0.2) is 18.4 Å². The molecule has 0 aliphatic carbocycles. The van der Waals surface area contributed by atoms with Gasteiger partial charge >= 0.3 is 0 Å². The van der Waals surface area contributed by atoms with Crippen molar-refractivity contribution in [3.8, 4) is 0 Å². The van der Waals surface area contributed by atoms with E-state index in [0.717, 1.165) is 28.3 Å². The van der Waals surface area contributed by atoms with Crippen molar-refractivity contribution in [1.82, 2.24) is 5.32 Å². The average molecular weight is 335 g/mol. The molecule has 22 heavy (non-hydrogen) atoms. The Morgan fingerprint density at radius 1 is 1.05 bits per heavy atom. The minimum atomic E-state index is 0.0220. The Bertz CT molecular complexity index is 688. The van der Waals surface area contributed by atoms with E-state index in [1.54, 1.807) is 0 Å². The van der Waals surface area contributed by atoms with E-state index >= 15 is 0 Å². The first kappa shape index (κ1) is 15.3. The number of hydrogen-bond acceptors (Lipinski definition) is 3. The van der Waals surface area contributed by atoms with Crippen LogP contribution < -0.4 is 5.32 Å². The molecule has 0 unspecified atom stereocenters. The maximum Gasteiger partial charge on any atom is 0.145 e. The lowest BCUT2D eigenvalue weighted by atomic mass is 10.0. The second-order valence-corrected chi connectivity index (χ2v) is 5.99. The molecule has 2 aromatic rings. The van der Waals surface area contributed by atoms with Crippen LogP contribution in [0.2, 0.25) is 10.0 Å². The highest BCUT2D eigenvalue weighted by atomic mass is 35.5. The van der Waals surface area contributed by atoms with E-state index in [-0.39, 0.29) is 6.10 Å². The maximum atomic E-state index is 6.19. The number of rotatable bonds is 5. The molecule has 0 amide bonds. The van der Waals surface area contributed by atoms with Crippen molar-refractivity contribution in [2.75, 3.05) is 6.54 Å². The van der Waals surface area contributed by atoms with E-state index in [2.05, 4.69) is 10.5 Å². The summed E-state index contributed by atoms with van der Waals surface area (Å²) in [6.07, 6.45) is 0.771. The molecular weight excluding hydrogens is 319 g/mol. The van der Waals surface area contributed by atoms with Gasteiger partial charge in [0.25, 0.3) is 0 Å². The molecule has 0 saturated carbocycles. The van der Waals surface area contributed by atoms with Crippen molar-refractivity contribution < 1.29 is 4.84 Å². The van der Waals surface area contributed by atoms with Crippen molar-refractivity contribution in [3.63, 3.8) is 0 Å². The topological polar surface area (TPSA) is 33.6 Å². The van der Waals surface area contributed by atoms with Crippen LogP contribution in [0.15, 0.2) is 53.7 Å². The Balaban J connectivity index is 1.51. The number of halogens is 2. The highest BCUT2D eigenvalue weighted by molar-refractivity contribution is 6.34. The van der Waals surface area contributed by atoms with Crippen LogP contribution in [0.3, 0.4) is 0 Å². The largest absolute Gasteiger partial charge is 0.390 e. The van der Waals surface area contributed by atoms with E-state index in [0.29, 0.717) is 18.1 Å². The first-order valence-corrected chi connectivity index (χ1v) is 7.91. The summed E-state index contributed by atoms with van der Waals surface area (Å²) in [5.74, 6) is 0. The number of nitrogens with one attached hydrogen (secondary N) is 1. The molecule has 3 rings (SSSR count). The van der Waals surface area contributed by atoms with Gasteiger partial charge in [0.1, 0.15) is 6.10 Å². The molecule has 0 aromatic heterocycles. The lowest BCUT2D eigenvalue weighted by molar-refractivity contribution is 0.0848. The average Bonchev–Trinajstić information content (AvgIpc) is 2.98. The number of oxime groups is 1. The third-order valence-corrected chi connectivity index (χ3v) is 4.26.